The van der Waals surface area contributed by atoms with Crippen LogP contribution in [0.1, 0.15) is 60.3 Å². The fraction of sp³-hybridized carbons (Fsp3) is 1.00. The Morgan fingerprint density at radius 3 is 1.53 bits per heavy atom. The molecule has 0 amide bonds. The Morgan fingerprint density at radius 1 is 0.933 bits per heavy atom. The molecule has 0 aromatic heterocycles. The van der Waals surface area contributed by atoms with Crippen LogP contribution in [-0.4, -0.2) is 15.3 Å². The minimum absolute atomic E-state index is 0.492. The standard InChI is InChI=1S/C13H31NSi/c1-7-9-11-15(14-6,12-10-8-2)13(3,4)5/h14H,7-12H2,1-6H3. The van der Waals surface area contributed by atoms with Crippen LogP contribution in [0.15, 0.2) is 0 Å². The fourth-order valence-electron chi connectivity index (χ4n) is 2.46. The van der Waals surface area contributed by atoms with Gasteiger partial charge in [-0.25, -0.2) is 0 Å². The van der Waals surface area contributed by atoms with E-state index in [9.17, 15) is 0 Å². The second-order valence-corrected chi connectivity index (χ2v) is 11.0. The summed E-state index contributed by atoms with van der Waals surface area (Å²) in [6.45, 7) is 11.9. The van der Waals surface area contributed by atoms with Crippen LogP contribution in [0, 0.1) is 0 Å². The van der Waals surface area contributed by atoms with Gasteiger partial charge < -0.3 is 4.98 Å². The minimum Gasteiger partial charge on any atom is -0.339 e. The van der Waals surface area contributed by atoms with E-state index in [0.29, 0.717) is 5.04 Å². The molecule has 0 aromatic carbocycles. The molecule has 0 aliphatic heterocycles. The molecule has 0 saturated heterocycles. The van der Waals surface area contributed by atoms with Crippen molar-refractivity contribution in [2.75, 3.05) is 7.05 Å². The Balaban J connectivity index is 4.60. The largest absolute Gasteiger partial charge is 0.339 e. The first-order chi connectivity index (χ1) is 6.93. The number of hydrogen-bond acceptors (Lipinski definition) is 1. The highest BCUT2D eigenvalue weighted by Gasteiger charge is 2.41. The van der Waals surface area contributed by atoms with Gasteiger partial charge in [0, 0.05) is 0 Å². The smallest absolute Gasteiger partial charge is 0.130 e. The summed E-state index contributed by atoms with van der Waals surface area (Å²) in [7, 11) is 0.934. The summed E-state index contributed by atoms with van der Waals surface area (Å²) >= 11 is 0. The summed E-state index contributed by atoms with van der Waals surface area (Å²) in [5.74, 6) is 0. The summed E-state index contributed by atoms with van der Waals surface area (Å²) < 4.78 is 0. The van der Waals surface area contributed by atoms with Crippen molar-refractivity contribution < 1.29 is 0 Å². The molecule has 0 aromatic rings. The van der Waals surface area contributed by atoms with Crippen LogP contribution in [0.25, 0.3) is 0 Å². The van der Waals surface area contributed by atoms with E-state index in [2.05, 4.69) is 46.6 Å². The highest BCUT2D eigenvalue weighted by atomic mass is 28.3. The summed E-state index contributed by atoms with van der Waals surface area (Å²) in [4.78, 5) is 3.76. The van der Waals surface area contributed by atoms with Gasteiger partial charge in [0.25, 0.3) is 0 Å². The zero-order valence-corrected chi connectivity index (χ0v) is 12.7. The Kier molecular flexibility index (Phi) is 6.77. The quantitative estimate of drug-likeness (QED) is 0.632. The van der Waals surface area contributed by atoms with E-state index in [1.807, 2.05) is 0 Å². The molecule has 0 aliphatic carbocycles. The van der Waals surface area contributed by atoms with Gasteiger partial charge >= 0.3 is 0 Å². The first-order valence-corrected chi connectivity index (χ1v) is 9.04. The number of rotatable bonds is 7. The Labute approximate surface area is 98.1 Å². The van der Waals surface area contributed by atoms with Crippen LogP contribution >= 0.6 is 0 Å². The monoisotopic (exact) mass is 229 g/mol. The first kappa shape index (κ1) is 15.2. The summed E-state index contributed by atoms with van der Waals surface area (Å²) in [6.07, 6.45) is 5.46. The van der Waals surface area contributed by atoms with E-state index in [1.165, 1.54) is 37.8 Å². The summed E-state index contributed by atoms with van der Waals surface area (Å²) in [5, 5.41) is 0.492. The van der Waals surface area contributed by atoms with Gasteiger partial charge in [-0.3, -0.25) is 0 Å². The van der Waals surface area contributed by atoms with E-state index in [4.69, 9.17) is 0 Å². The minimum atomic E-state index is -1.26. The maximum absolute atomic E-state index is 3.76. The van der Waals surface area contributed by atoms with E-state index in [1.54, 1.807) is 0 Å². The molecule has 15 heavy (non-hydrogen) atoms. The molecule has 0 atom stereocenters. The summed E-state index contributed by atoms with van der Waals surface area (Å²) in [5.41, 5.74) is 0. The summed E-state index contributed by atoms with van der Waals surface area (Å²) in [6, 6.07) is 2.90. The lowest BCUT2D eigenvalue weighted by Crippen LogP contribution is -2.55. The van der Waals surface area contributed by atoms with Gasteiger partial charge in [0.05, 0.1) is 0 Å². The molecule has 0 spiro atoms. The molecule has 0 rings (SSSR count). The maximum atomic E-state index is 3.76. The molecule has 0 bridgehead atoms. The van der Waals surface area contributed by atoms with Crippen LogP contribution in [-0.2, 0) is 0 Å². The molecule has 2 heteroatoms. The number of unbranched alkanes of at least 4 members (excludes halogenated alkanes) is 2. The molecule has 1 N–H and O–H groups in total. The lowest BCUT2D eigenvalue weighted by Gasteiger charge is -2.43. The Hall–Kier alpha value is 0.177. The molecule has 0 saturated carbocycles. The van der Waals surface area contributed by atoms with Crippen LogP contribution in [0.5, 0.6) is 0 Å². The second-order valence-electron chi connectivity index (χ2n) is 5.79. The average molecular weight is 229 g/mol. The predicted molar refractivity (Wildman–Crippen MR) is 74.0 cm³/mol. The molecule has 0 aliphatic rings. The third-order valence-electron chi connectivity index (χ3n) is 3.83. The maximum Gasteiger partial charge on any atom is 0.130 e. The van der Waals surface area contributed by atoms with Gasteiger partial charge in [0.1, 0.15) is 8.24 Å². The van der Waals surface area contributed by atoms with Crippen LogP contribution < -0.4 is 4.98 Å². The van der Waals surface area contributed by atoms with Crippen molar-refractivity contribution in [2.24, 2.45) is 0 Å². The lowest BCUT2D eigenvalue weighted by molar-refractivity contribution is 0.652. The van der Waals surface area contributed by atoms with Crippen molar-refractivity contribution in [3.63, 3.8) is 0 Å². The van der Waals surface area contributed by atoms with Crippen molar-refractivity contribution in [2.45, 2.75) is 77.4 Å². The van der Waals surface area contributed by atoms with Gasteiger partial charge in [-0.15, -0.1) is 0 Å². The Bertz CT molecular complexity index is 152. The van der Waals surface area contributed by atoms with E-state index < -0.39 is 8.24 Å². The second kappa shape index (κ2) is 6.69. The predicted octanol–water partition coefficient (Wildman–Crippen LogP) is 4.55. The van der Waals surface area contributed by atoms with Crippen LogP contribution in [0.2, 0.25) is 17.1 Å². The molecule has 0 fully saturated rings. The third-order valence-corrected chi connectivity index (χ3v) is 10.1. The molecule has 0 unspecified atom stereocenters. The van der Waals surface area contributed by atoms with Crippen LogP contribution in [0.3, 0.4) is 0 Å². The van der Waals surface area contributed by atoms with Crippen molar-refractivity contribution in [1.82, 2.24) is 4.98 Å². The Morgan fingerprint density at radius 2 is 1.33 bits per heavy atom. The van der Waals surface area contributed by atoms with Crippen molar-refractivity contribution in [1.29, 1.82) is 0 Å². The topological polar surface area (TPSA) is 12.0 Å². The normalized spacial score (nSPS) is 13.2. The highest BCUT2D eigenvalue weighted by molar-refractivity contribution is 6.80. The van der Waals surface area contributed by atoms with Crippen molar-refractivity contribution in [3.8, 4) is 0 Å². The SMILES string of the molecule is CCCC[Si](CCCC)(NC)C(C)(C)C. The zero-order chi connectivity index (χ0) is 11.9. The first-order valence-electron chi connectivity index (χ1n) is 6.62. The highest BCUT2D eigenvalue weighted by Crippen LogP contribution is 2.41. The van der Waals surface area contributed by atoms with Crippen molar-refractivity contribution in [3.05, 3.63) is 0 Å². The average Bonchev–Trinajstić information content (AvgIpc) is 2.17. The van der Waals surface area contributed by atoms with Gasteiger partial charge in [0.2, 0.25) is 0 Å². The molecule has 0 heterocycles. The third kappa shape index (κ3) is 4.27. The molecular formula is C13H31NSi. The molecule has 92 valence electrons. The molecule has 1 nitrogen and oxygen atoms in total. The van der Waals surface area contributed by atoms with E-state index >= 15 is 0 Å². The van der Waals surface area contributed by atoms with E-state index in [-0.39, 0.29) is 0 Å². The zero-order valence-electron chi connectivity index (χ0n) is 11.7. The van der Waals surface area contributed by atoms with E-state index in [0.717, 1.165) is 0 Å². The number of nitrogens with one attached hydrogen (secondary N) is 1. The lowest BCUT2D eigenvalue weighted by atomic mass is 10.2. The van der Waals surface area contributed by atoms with Gasteiger partial charge in [-0.2, -0.15) is 0 Å². The van der Waals surface area contributed by atoms with Crippen LogP contribution in [0.4, 0.5) is 0 Å². The van der Waals surface area contributed by atoms with Gasteiger partial charge in [0.15, 0.2) is 0 Å². The van der Waals surface area contributed by atoms with Crippen molar-refractivity contribution >= 4 is 8.24 Å². The van der Waals surface area contributed by atoms with Gasteiger partial charge in [-0.1, -0.05) is 60.3 Å². The molecule has 0 radical (unpaired) electrons. The van der Waals surface area contributed by atoms with Gasteiger partial charge in [-0.05, 0) is 24.2 Å². The fourth-order valence-corrected chi connectivity index (χ4v) is 7.37. The molecular weight excluding hydrogens is 198 g/mol. The number of hydrogen-bond donors (Lipinski definition) is 1.